The smallest absolute Gasteiger partial charge is 0.124 e. The summed E-state index contributed by atoms with van der Waals surface area (Å²) in [5, 5.41) is 3.84. The van der Waals surface area contributed by atoms with Crippen molar-refractivity contribution in [3.8, 4) is 0 Å². The molecule has 2 aromatic rings. The number of aryl methyl sites for hydroxylation is 3. The zero-order chi connectivity index (χ0) is 15.6. The van der Waals surface area contributed by atoms with Crippen molar-refractivity contribution in [2.24, 2.45) is 0 Å². The van der Waals surface area contributed by atoms with Crippen LogP contribution in [0.3, 0.4) is 0 Å². The maximum atomic E-state index is 13.2. The number of rotatable bonds is 4. The van der Waals surface area contributed by atoms with Crippen LogP contribution < -0.4 is 5.32 Å². The van der Waals surface area contributed by atoms with Gasteiger partial charge < -0.3 is 5.32 Å². The maximum absolute atomic E-state index is 13.2. The van der Waals surface area contributed by atoms with Crippen LogP contribution in [0.2, 0.25) is 5.02 Å². The predicted molar refractivity (Wildman–Crippen MR) is 87.6 cm³/mol. The Balaban J connectivity index is 2.37. The Labute approximate surface area is 131 Å². The van der Waals surface area contributed by atoms with E-state index in [4.69, 9.17) is 11.6 Å². The van der Waals surface area contributed by atoms with Crippen LogP contribution in [0.25, 0.3) is 0 Å². The summed E-state index contributed by atoms with van der Waals surface area (Å²) in [6, 6.07) is 9.15. The van der Waals surface area contributed by atoms with Gasteiger partial charge in [-0.25, -0.2) is 4.39 Å². The number of nitrogens with one attached hydrogen (secondary N) is 1. The summed E-state index contributed by atoms with van der Waals surface area (Å²) in [6.07, 6.45) is 0.736. The topological polar surface area (TPSA) is 12.0 Å². The molecule has 0 saturated carbocycles. The minimum atomic E-state index is -0.299. The fourth-order valence-electron chi connectivity index (χ4n) is 3.00. The molecule has 0 aromatic heterocycles. The summed E-state index contributed by atoms with van der Waals surface area (Å²) in [4.78, 5) is 0. The third-order valence-corrected chi connectivity index (χ3v) is 4.23. The Morgan fingerprint density at radius 3 is 2.24 bits per heavy atom. The van der Waals surface area contributed by atoms with Crippen molar-refractivity contribution < 1.29 is 4.39 Å². The van der Waals surface area contributed by atoms with Gasteiger partial charge >= 0.3 is 0 Å². The van der Waals surface area contributed by atoms with E-state index in [1.54, 1.807) is 6.07 Å². The van der Waals surface area contributed by atoms with Gasteiger partial charge in [-0.2, -0.15) is 0 Å². The quantitative estimate of drug-likeness (QED) is 0.846. The Hall–Kier alpha value is -1.38. The number of benzene rings is 2. The summed E-state index contributed by atoms with van der Waals surface area (Å²) in [6.45, 7) is 6.37. The maximum Gasteiger partial charge on any atom is 0.124 e. The van der Waals surface area contributed by atoms with E-state index in [2.05, 4.69) is 38.2 Å². The third kappa shape index (κ3) is 3.63. The molecule has 0 aliphatic carbocycles. The van der Waals surface area contributed by atoms with E-state index in [0.717, 1.165) is 12.0 Å². The number of hydrogen-bond acceptors (Lipinski definition) is 1. The van der Waals surface area contributed by atoms with Gasteiger partial charge in [-0.1, -0.05) is 35.4 Å². The molecule has 0 saturated heterocycles. The van der Waals surface area contributed by atoms with E-state index in [-0.39, 0.29) is 11.9 Å². The van der Waals surface area contributed by atoms with Crippen LogP contribution in [0.15, 0.2) is 30.3 Å². The van der Waals surface area contributed by atoms with E-state index in [1.165, 1.54) is 34.4 Å². The lowest BCUT2D eigenvalue weighted by molar-refractivity contribution is 0.583. The van der Waals surface area contributed by atoms with E-state index in [0.29, 0.717) is 5.02 Å². The molecule has 1 atom stereocenters. The normalized spacial score (nSPS) is 12.5. The predicted octanol–water partition coefficient (Wildman–Crippen LogP) is 4.91. The molecule has 0 amide bonds. The van der Waals surface area contributed by atoms with Gasteiger partial charge in [-0.3, -0.25) is 0 Å². The van der Waals surface area contributed by atoms with Gasteiger partial charge in [0.15, 0.2) is 0 Å². The summed E-state index contributed by atoms with van der Waals surface area (Å²) >= 11 is 6.16. The van der Waals surface area contributed by atoms with Crippen molar-refractivity contribution in [1.82, 2.24) is 5.32 Å². The SMILES string of the molecule is CNC(Cc1ccc(F)cc1Cl)c1c(C)cc(C)cc1C. The molecule has 1 nitrogen and oxygen atoms in total. The second-order valence-electron chi connectivity index (χ2n) is 5.59. The molecule has 1 N–H and O–H groups in total. The first-order valence-corrected chi connectivity index (χ1v) is 7.49. The summed E-state index contributed by atoms with van der Waals surface area (Å²) in [7, 11) is 1.95. The van der Waals surface area contributed by atoms with Gasteiger partial charge in [0.05, 0.1) is 0 Å². The summed E-state index contributed by atoms with van der Waals surface area (Å²) in [5.74, 6) is -0.299. The van der Waals surface area contributed by atoms with Crippen LogP contribution in [0.1, 0.15) is 33.9 Å². The van der Waals surface area contributed by atoms with Crippen molar-refractivity contribution in [2.75, 3.05) is 7.05 Å². The Morgan fingerprint density at radius 2 is 1.71 bits per heavy atom. The highest BCUT2D eigenvalue weighted by molar-refractivity contribution is 6.31. The van der Waals surface area contributed by atoms with Crippen molar-refractivity contribution in [1.29, 1.82) is 0 Å². The zero-order valence-corrected chi connectivity index (χ0v) is 13.7. The van der Waals surface area contributed by atoms with Gasteiger partial charge in [0, 0.05) is 11.1 Å². The zero-order valence-electron chi connectivity index (χ0n) is 12.9. The van der Waals surface area contributed by atoms with Gasteiger partial charge in [0.2, 0.25) is 0 Å². The minimum absolute atomic E-state index is 0.161. The van der Waals surface area contributed by atoms with Crippen molar-refractivity contribution in [3.63, 3.8) is 0 Å². The Bertz CT molecular complexity index is 629. The summed E-state index contributed by atoms with van der Waals surface area (Å²) < 4.78 is 13.2. The highest BCUT2D eigenvalue weighted by atomic mass is 35.5. The third-order valence-electron chi connectivity index (χ3n) is 3.87. The molecular weight excluding hydrogens is 285 g/mol. The van der Waals surface area contributed by atoms with E-state index < -0.39 is 0 Å². The van der Waals surface area contributed by atoms with E-state index >= 15 is 0 Å². The van der Waals surface area contributed by atoms with Crippen LogP contribution in [0.4, 0.5) is 4.39 Å². The first-order valence-electron chi connectivity index (χ1n) is 7.11. The standard InChI is InChI=1S/C18H21ClFN/c1-11-7-12(2)18(13(3)8-11)17(21-4)9-14-5-6-15(20)10-16(14)19/h5-8,10,17,21H,9H2,1-4H3. The lowest BCUT2D eigenvalue weighted by Gasteiger charge is -2.22. The lowest BCUT2D eigenvalue weighted by Crippen LogP contribution is -2.21. The summed E-state index contributed by atoms with van der Waals surface area (Å²) in [5.41, 5.74) is 6.05. The minimum Gasteiger partial charge on any atom is -0.313 e. The van der Waals surface area contributed by atoms with E-state index in [9.17, 15) is 4.39 Å². The number of halogens is 2. The molecule has 1 unspecified atom stereocenters. The van der Waals surface area contributed by atoms with Gasteiger partial charge in [-0.15, -0.1) is 0 Å². The molecule has 0 aliphatic heterocycles. The molecule has 0 bridgehead atoms. The number of hydrogen-bond donors (Lipinski definition) is 1. The molecule has 2 aromatic carbocycles. The van der Waals surface area contributed by atoms with Gasteiger partial charge in [0.25, 0.3) is 0 Å². The first-order chi connectivity index (χ1) is 9.92. The molecular formula is C18H21ClFN. The largest absolute Gasteiger partial charge is 0.313 e. The van der Waals surface area contributed by atoms with Crippen LogP contribution in [0, 0.1) is 26.6 Å². The molecule has 0 fully saturated rings. The molecule has 112 valence electrons. The van der Waals surface area contributed by atoms with Crippen molar-refractivity contribution >= 4 is 11.6 Å². The highest BCUT2D eigenvalue weighted by Crippen LogP contribution is 2.28. The lowest BCUT2D eigenvalue weighted by atomic mass is 9.90. The highest BCUT2D eigenvalue weighted by Gasteiger charge is 2.17. The van der Waals surface area contributed by atoms with Crippen molar-refractivity contribution in [3.05, 3.63) is 69.0 Å². The number of likely N-dealkylation sites (N-methyl/N-ethyl adjacent to an activating group) is 1. The first kappa shape index (κ1) is 16.0. The van der Waals surface area contributed by atoms with Crippen LogP contribution >= 0.6 is 11.6 Å². The molecule has 0 aliphatic rings. The van der Waals surface area contributed by atoms with E-state index in [1.807, 2.05) is 7.05 Å². The fraction of sp³-hybridized carbons (Fsp3) is 0.333. The molecule has 0 heterocycles. The second kappa shape index (κ2) is 6.59. The van der Waals surface area contributed by atoms with Crippen LogP contribution in [0.5, 0.6) is 0 Å². The van der Waals surface area contributed by atoms with Gasteiger partial charge in [-0.05, 0) is 68.6 Å². The van der Waals surface area contributed by atoms with Crippen LogP contribution in [-0.4, -0.2) is 7.05 Å². The average molecular weight is 306 g/mol. The average Bonchev–Trinajstić information content (AvgIpc) is 2.39. The Morgan fingerprint density at radius 1 is 1.10 bits per heavy atom. The molecule has 0 radical (unpaired) electrons. The monoisotopic (exact) mass is 305 g/mol. The van der Waals surface area contributed by atoms with Crippen LogP contribution in [-0.2, 0) is 6.42 Å². The van der Waals surface area contributed by atoms with Crippen molar-refractivity contribution in [2.45, 2.75) is 33.2 Å². The molecule has 2 rings (SSSR count). The fourth-order valence-corrected chi connectivity index (χ4v) is 3.24. The van der Waals surface area contributed by atoms with Gasteiger partial charge in [0.1, 0.15) is 5.82 Å². The molecule has 21 heavy (non-hydrogen) atoms. The molecule has 0 spiro atoms. The second-order valence-corrected chi connectivity index (χ2v) is 6.00. The Kier molecular flexibility index (Phi) is 5.02. The molecule has 3 heteroatoms.